The Kier molecular flexibility index (Phi) is 18.8. The average molecular weight is 1410 g/mol. The van der Waals surface area contributed by atoms with Crippen molar-refractivity contribution in [1.82, 2.24) is 87.1 Å². The first kappa shape index (κ1) is 68.2. The minimum atomic E-state index is -0.315. The van der Waals surface area contributed by atoms with Crippen LogP contribution >= 0.6 is 0 Å². The van der Waals surface area contributed by atoms with Gasteiger partial charge in [0.05, 0.1) is 72.5 Å². The third-order valence-corrected chi connectivity index (χ3v) is 18.0. The molecule has 33 heteroatoms. The molecule has 4 aliphatic heterocycles. The number of hydrogen-bond donors (Lipinski definition) is 3. The highest BCUT2D eigenvalue weighted by Crippen LogP contribution is 2.37. The zero-order valence-corrected chi connectivity index (χ0v) is 57.5. The summed E-state index contributed by atoms with van der Waals surface area (Å²) in [5.41, 5.74) is 11.3. The number of benzene rings is 3. The number of nitrogens with one attached hydrogen (secondary N) is 3. The van der Waals surface area contributed by atoms with Crippen molar-refractivity contribution < 1.29 is 41.7 Å². The van der Waals surface area contributed by atoms with Crippen LogP contribution in [0.15, 0.2) is 91.8 Å². The van der Waals surface area contributed by atoms with Crippen LogP contribution in [-0.2, 0) is 71.3 Å². The van der Waals surface area contributed by atoms with Crippen LogP contribution in [0, 0.1) is 37.2 Å². The summed E-state index contributed by atoms with van der Waals surface area (Å²) in [6, 6.07) is 14.6. The van der Waals surface area contributed by atoms with Gasteiger partial charge in [0, 0.05) is 164 Å². The topological polar surface area (TPSA) is 274 Å². The molecule has 0 saturated carbocycles. The number of imidazole rings is 3. The second-order valence-electron chi connectivity index (χ2n) is 25.1. The van der Waals surface area contributed by atoms with Crippen LogP contribution in [0.1, 0.15) is 60.1 Å². The minimum Gasteiger partial charge on any atom is -0.493 e. The fourth-order valence-electron chi connectivity index (χ4n) is 13.0. The lowest BCUT2D eigenvalue weighted by molar-refractivity contribution is 0.0298. The molecule has 528 valence electrons. The number of anilines is 3. The fraction of sp³-hybridized carbons (Fsp3) is 0.296. The van der Waals surface area contributed by atoms with Crippen molar-refractivity contribution in [3.05, 3.63) is 194 Å². The van der Waals surface area contributed by atoms with E-state index in [1.54, 1.807) is 128 Å². The van der Waals surface area contributed by atoms with Crippen LogP contribution in [0.4, 0.5) is 48.5 Å². The maximum atomic E-state index is 14.6. The number of carbonyl (C=O) groups excluding carboxylic acids is 2. The van der Waals surface area contributed by atoms with E-state index in [9.17, 15) is 22.8 Å². The minimum absolute atomic E-state index is 0.168. The molecular formula is C71H67F3N24O6. The van der Waals surface area contributed by atoms with E-state index in [-0.39, 0.29) is 72.0 Å². The summed E-state index contributed by atoms with van der Waals surface area (Å²) in [4.78, 5) is 68.0. The number of aryl methyl sites for hydroxylation is 3. The maximum Gasteiger partial charge on any atom is 0.288 e. The average Bonchev–Trinajstić information content (AvgIpc) is 1.66. The van der Waals surface area contributed by atoms with Gasteiger partial charge in [-0.2, -0.15) is 15.3 Å². The smallest absolute Gasteiger partial charge is 0.288 e. The first-order chi connectivity index (χ1) is 50.3. The van der Waals surface area contributed by atoms with Gasteiger partial charge in [-0.15, -0.1) is 0 Å². The second-order valence-corrected chi connectivity index (χ2v) is 25.1. The molecular weight excluding hydrogens is 1340 g/mol. The molecule has 0 bridgehead atoms. The molecule has 9 aromatic heterocycles. The van der Waals surface area contributed by atoms with Crippen molar-refractivity contribution in [2.45, 2.75) is 45.4 Å². The molecule has 1 fully saturated rings. The van der Waals surface area contributed by atoms with Gasteiger partial charge >= 0.3 is 0 Å². The number of morpholine rings is 1. The molecule has 0 spiro atoms. The molecule has 0 atom stereocenters. The van der Waals surface area contributed by atoms with Gasteiger partial charge in [0.15, 0.2) is 11.4 Å². The van der Waals surface area contributed by atoms with E-state index >= 15 is 0 Å². The lowest BCUT2D eigenvalue weighted by atomic mass is 10.0. The van der Waals surface area contributed by atoms with E-state index in [2.05, 4.69) is 75.7 Å². The van der Waals surface area contributed by atoms with Crippen LogP contribution in [0.2, 0.25) is 0 Å². The summed E-state index contributed by atoms with van der Waals surface area (Å²) >= 11 is 0. The van der Waals surface area contributed by atoms with Crippen molar-refractivity contribution in [3.63, 3.8) is 0 Å². The number of rotatable bonds is 16. The summed E-state index contributed by atoms with van der Waals surface area (Å²) in [5, 5.41) is 22.9. The van der Waals surface area contributed by atoms with Crippen LogP contribution in [0.3, 0.4) is 0 Å². The van der Waals surface area contributed by atoms with Crippen LogP contribution in [0.25, 0.3) is 65.2 Å². The van der Waals surface area contributed by atoms with Gasteiger partial charge in [-0.3, -0.25) is 36.8 Å². The van der Waals surface area contributed by atoms with Gasteiger partial charge < -0.3 is 64.1 Å². The fourth-order valence-corrected chi connectivity index (χ4v) is 13.0. The molecule has 3 aromatic carbocycles. The van der Waals surface area contributed by atoms with Crippen molar-refractivity contribution in [2.24, 2.45) is 21.1 Å². The van der Waals surface area contributed by atoms with E-state index in [4.69, 9.17) is 38.7 Å². The van der Waals surface area contributed by atoms with Crippen molar-refractivity contribution in [1.29, 1.82) is 0 Å². The van der Waals surface area contributed by atoms with E-state index < -0.39 is 0 Å². The molecule has 16 rings (SSSR count). The van der Waals surface area contributed by atoms with Crippen LogP contribution in [0.5, 0.6) is 17.2 Å². The monoisotopic (exact) mass is 1410 g/mol. The highest BCUT2D eigenvalue weighted by atomic mass is 19.1. The van der Waals surface area contributed by atoms with Crippen molar-refractivity contribution >= 4 is 64.1 Å². The van der Waals surface area contributed by atoms with Gasteiger partial charge in [0.2, 0.25) is 34.8 Å². The molecule has 2 amide bonds. The lowest BCUT2D eigenvalue weighted by Gasteiger charge is -2.25. The van der Waals surface area contributed by atoms with E-state index in [0.29, 0.717) is 163 Å². The molecule has 0 radical (unpaired) electrons. The predicted molar refractivity (Wildman–Crippen MR) is 375 cm³/mol. The number of halogens is 3. The Bertz CT molecular complexity index is 5510. The van der Waals surface area contributed by atoms with Crippen LogP contribution in [-0.4, -0.2) is 173 Å². The second kappa shape index (κ2) is 28.6. The highest BCUT2D eigenvalue weighted by molar-refractivity contribution is 5.95. The zero-order valence-electron chi connectivity index (χ0n) is 57.5. The molecule has 4 aliphatic rings. The normalized spacial score (nSPS) is 13.4. The van der Waals surface area contributed by atoms with Crippen molar-refractivity contribution in [3.8, 4) is 51.0 Å². The summed E-state index contributed by atoms with van der Waals surface area (Å²) in [6.07, 6.45) is 11.7. The first-order valence-electron chi connectivity index (χ1n) is 33.0. The molecule has 12 aromatic rings. The molecule has 0 unspecified atom stereocenters. The number of hydrogen-bond acceptors (Lipinski definition) is 19. The number of amides is 2. The third kappa shape index (κ3) is 13.3. The Morgan fingerprint density at radius 2 is 0.894 bits per heavy atom. The molecule has 0 aliphatic carbocycles. The number of nitrogens with zero attached hydrogens (tertiary/aromatic N) is 21. The molecule has 13 heterocycles. The predicted octanol–water partition coefficient (Wildman–Crippen LogP) is 9.34. The third-order valence-electron chi connectivity index (χ3n) is 18.0. The van der Waals surface area contributed by atoms with E-state index in [1.165, 1.54) is 23.1 Å². The van der Waals surface area contributed by atoms with E-state index in [1.807, 2.05) is 32.1 Å². The summed E-state index contributed by atoms with van der Waals surface area (Å²) < 4.78 is 75.8. The number of aromatic nitrogens is 15. The summed E-state index contributed by atoms with van der Waals surface area (Å²) in [5.74, 6) is 2.73. The lowest BCUT2D eigenvalue weighted by Crippen LogP contribution is -2.40. The summed E-state index contributed by atoms with van der Waals surface area (Å²) in [6.45, 7) is 27.2. The standard InChI is InChI=1S/C25H23FN8O3.C23H21FN8O2.C23H23FN8O/c1-27-22-14-34-23(30-22)17(20-11-19(31-32(20)2)24(35)33-6-9-36-10-7-33)13-29-25(34)28-12-16-15-5-8-37-21(15)4-3-18(16)26;1-25-20-12-32-21(28-20)15(18-9-17(29-31(18)4)22(33)30(2)3)11-27-23(32)26-10-14-13-7-8-34-19(13)6-5-16(14)24;1-25-21-13-32-22(28-21)17(19-9-14(12-30(2)3)29-31(19)4)11-27-23(32)26-10-16-15-7-8-33-20(15)6-5-18(16)24/h3-4,11,13-14H,5-10,12H2,2H3,(H,28,29);5-6,9,11-12H,7-8,10H2,2-4H3,(H,26,27);5-6,9,11,13H,7-8,10,12H2,2-4H3,(H,26,27). The molecule has 1 saturated heterocycles. The first-order valence-corrected chi connectivity index (χ1v) is 33.0. The Labute approximate surface area is 592 Å². The molecule has 104 heavy (non-hydrogen) atoms. The number of ether oxygens (including phenoxy) is 4. The SMILES string of the molecule is [C-]#[N+]c1cn2c(NCc3c(F)ccc4c3CCO4)ncc(-c3cc(C(=O)N(C)C)nn3C)c2n1.[C-]#[N+]c1cn2c(NCc3c(F)ccc4c3CCO4)ncc(-c3cc(C(=O)N4CCOCC4)nn3C)c2n1.[C-]#[N+]c1cn2c(NCc3c(F)ccc4c3CCO4)ncc(-c3cc(CN(C)C)nn3C)c2n1. The summed E-state index contributed by atoms with van der Waals surface area (Å²) in [7, 11) is 12.6. The number of carbonyl (C=O) groups is 2. The molecule has 30 nitrogen and oxygen atoms in total. The highest BCUT2D eigenvalue weighted by Gasteiger charge is 2.29. The Morgan fingerprint density at radius 3 is 1.28 bits per heavy atom. The van der Waals surface area contributed by atoms with Gasteiger partial charge in [-0.25, -0.2) is 28.1 Å². The van der Waals surface area contributed by atoms with E-state index in [0.717, 1.165) is 39.4 Å². The number of fused-ring (bicyclic) bond motifs is 6. The van der Waals surface area contributed by atoms with Gasteiger partial charge in [0.1, 0.15) is 34.7 Å². The van der Waals surface area contributed by atoms with Crippen molar-refractivity contribution in [2.75, 3.05) is 90.3 Å². The van der Waals surface area contributed by atoms with Crippen LogP contribution < -0.4 is 30.2 Å². The maximum absolute atomic E-state index is 14.6. The largest absolute Gasteiger partial charge is 0.493 e. The quantitative estimate of drug-likeness (QED) is 0.0760. The Morgan fingerprint density at radius 1 is 0.519 bits per heavy atom. The Hall–Kier alpha value is -12.9. The Balaban J connectivity index is 0.000000132. The zero-order chi connectivity index (χ0) is 72.6. The molecule has 3 N–H and O–H groups in total. The van der Waals surface area contributed by atoms with Gasteiger partial charge in [0.25, 0.3) is 29.3 Å². The van der Waals surface area contributed by atoms with Gasteiger partial charge in [-0.05, 0) is 68.7 Å². The van der Waals surface area contributed by atoms with Gasteiger partial charge in [-0.1, -0.05) is 34.7 Å².